The van der Waals surface area contributed by atoms with Gasteiger partial charge in [-0.3, -0.25) is 4.79 Å². The summed E-state index contributed by atoms with van der Waals surface area (Å²) in [6.45, 7) is 4.39. The van der Waals surface area contributed by atoms with Crippen molar-refractivity contribution in [3.8, 4) is 11.5 Å². The van der Waals surface area contributed by atoms with E-state index in [4.69, 9.17) is 9.47 Å². The highest BCUT2D eigenvalue weighted by Gasteiger charge is 2.28. The maximum Gasteiger partial charge on any atom is 0.231 e. The van der Waals surface area contributed by atoms with Crippen molar-refractivity contribution in [1.82, 2.24) is 10.3 Å². The van der Waals surface area contributed by atoms with Crippen LogP contribution in [0, 0.1) is 0 Å². The molecule has 5 rings (SSSR count). The number of H-pyrrole nitrogens is 1. The van der Waals surface area contributed by atoms with E-state index in [1.165, 1.54) is 32.4 Å². The maximum atomic E-state index is 13.0. The average Bonchev–Trinajstić information content (AvgIpc) is 3.45. The monoisotopic (exact) mass is 420 g/mol. The number of aromatic amines is 1. The second-order valence-corrected chi connectivity index (χ2v) is 8.54. The molecule has 0 radical (unpaired) electrons. The molecule has 2 aliphatic rings. The van der Waals surface area contributed by atoms with Crippen molar-refractivity contribution < 1.29 is 19.2 Å². The van der Waals surface area contributed by atoms with Crippen LogP contribution in [0.1, 0.15) is 42.7 Å². The van der Waals surface area contributed by atoms with Crippen LogP contribution in [0.3, 0.4) is 0 Å². The summed E-state index contributed by atoms with van der Waals surface area (Å²) in [5, 5.41) is 4.30. The molecular formula is C25H30N3O3+. The molecule has 162 valence electrons. The lowest BCUT2D eigenvalue weighted by Crippen LogP contribution is -3.13. The van der Waals surface area contributed by atoms with Gasteiger partial charge in [-0.1, -0.05) is 30.3 Å². The molecule has 0 unspecified atom stereocenters. The zero-order chi connectivity index (χ0) is 21.0. The first-order valence-corrected chi connectivity index (χ1v) is 11.3. The SMILES string of the molecule is O=C(C[C@H](c1cccc2c1OCO2)c1c[nH]c2ccccc12)NCC[NH+]1CCCCC1. The largest absolute Gasteiger partial charge is 0.454 e. The van der Waals surface area contributed by atoms with Gasteiger partial charge >= 0.3 is 0 Å². The van der Waals surface area contributed by atoms with Gasteiger partial charge in [0.05, 0.1) is 26.2 Å². The van der Waals surface area contributed by atoms with Crippen molar-refractivity contribution in [2.24, 2.45) is 0 Å². The minimum Gasteiger partial charge on any atom is -0.454 e. The number of nitrogens with one attached hydrogen (secondary N) is 3. The fraction of sp³-hybridized carbons (Fsp3) is 0.400. The highest BCUT2D eigenvalue weighted by atomic mass is 16.7. The number of likely N-dealkylation sites (tertiary alicyclic amines) is 1. The van der Waals surface area contributed by atoms with Gasteiger partial charge in [0.15, 0.2) is 11.5 Å². The first kappa shape index (κ1) is 19.9. The lowest BCUT2D eigenvalue weighted by Gasteiger charge is -2.24. The van der Waals surface area contributed by atoms with Crippen molar-refractivity contribution in [2.75, 3.05) is 33.0 Å². The van der Waals surface area contributed by atoms with E-state index >= 15 is 0 Å². The van der Waals surface area contributed by atoms with Crippen molar-refractivity contribution >= 4 is 16.8 Å². The molecule has 0 aliphatic carbocycles. The second-order valence-electron chi connectivity index (χ2n) is 8.54. The van der Waals surface area contributed by atoms with E-state index in [0.29, 0.717) is 6.42 Å². The first-order chi connectivity index (χ1) is 15.3. The van der Waals surface area contributed by atoms with Crippen molar-refractivity contribution in [3.63, 3.8) is 0 Å². The molecular weight excluding hydrogens is 390 g/mol. The molecule has 1 fully saturated rings. The quantitative estimate of drug-likeness (QED) is 0.550. The van der Waals surface area contributed by atoms with Crippen LogP contribution in [0.5, 0.6) is 11.5 Å². The Morgan fingerprint density at radius 1 is 1.03 bits per heavy atom. The van der Waals surface area contributed by atoms with Crippen molar-refractivity contribution in [3.05, 3.63) is 59.8 Å². The van der Waals surface area contributed by atoms with Crippen molar-refractivity contribution in [1.29, 1.82) is 0 Å². The van der Waals surface area contributed by atoms with Crippen LogP contribution in [-0.4, -0.2) is 43.9 Å². The Labute approximate surface area is 182 Å². The molecule has 3 aromatic rings. The van der Waals surface area contributed by atoms with Gasteiger partial charge in [0, 0.05) is 35.0 Å². The zero-order valence-electron chi connectivity index (χ0n) is 17.8. The summed E-state index contributed by atoms with van der Waals surface area (Å²) in [6, 6.07) is 14.2. The molecule has 0 spiro atoms. The van der Waals surface area contributed by atoms with Gasteiger partial charge in [0.25, 0.3) is 0 Å². The number of carbonyl (C=O) groups is 1. The van der Waals surface area contributed by atoms with Gasteiger partial charge in [0.2, 0.25) is 12.7 Å². The highest BCUT2D eigenvalue weighted by Crippen LogP contribution is 2.43. The minimum absolute atomic E-state index is 0.0724. The number of amides is 1. The van der Waals surface area contributed by atoms with E-state index < -0.39 is 0 Å². The summed E-state index contributed by atoms with van der Waals surface area (Å²) in [4.78, 5) is 18.0. The van der Waals surface area contributed by atoms with E-state index in [-0.39, 0.29) is 18.6 Å². The molecule has 1 atom stereocenters. The fourth-order valence-corrected chi connectivity index (χ4v) is 4.93. The Morgan fingerprint density at radius 2 is 1.90 bits per heavy atom. The molecule has 6 heteroatoms. The Bertz CT molecular complexity index is 1060. The highest BCUT2D eigenvalue weighted by molar-refractivity contribution is 5.86. The molecule has 6 nitrogen and oxygen atoms in total. The third kappa shape index (κ3) is 4.26. The fourth-order valence-electron chi connectivity index (χ4n) is 4.93. The predicted molar refractivity (Wildman–Crippen MR) is 120 cm³/mol. The third-order valence-electron chi connectivity index (χ3n) is 6.55. The number of benzene rings is 2. The number of hydrogen-bond acceptors (Lipinski definition) is 3. The molecule has 0 bridgehead atoms. The molecule has 1 saturated heterocycles. The number of rotatable bonds is 7. The molecule has 31 heavy (non-hydrogen) atoms. The summed E-state index contributed by atoms with van der Waals surface area (Å²) >= 11 is 0. The van der Waals surface area contributed by atoms with Crippen LogP contribution in [-0.2, 0) is 4.79 Å². The summed E-state index contributed by atoms with van der Waals surface area (Å²) in [6.07, 6.45) is 6.34. The van der Waals surface area contributed by atoms with Gasteiger partial charge in [-0.25, -0.2) is 0 Å². The number of piperidine rings is 1. The van der Waals surface area contributed by atoms with Crippen LogP contribution in [0.15, 0.2) is 48.7 Å². The first-order valence-electron chi connectivity index (χ1n) is 11.3. The lowest BCUT2D eigenvalue weighted by atomic mass is 9.87. The van der Waals surface area contributed by atoms with Gasteiger partial charge in [-0.2, -0.15) is 0 Å². The number of fused-ring (bicyclic) bond motifs is 2. The molecule has 3 N–H and O–H groups in total. The number of quaternary nitrogens is 1. The number of hydrogen-bond donors (Lipinski definition) is 3. The van der Waals surface area contributed by atoms with Crippen LogP contribution in [0.25, 0.3) is 10.9 Å². The average molecular weight is 421 g/mol. The Balaban J connectivity index is 1.37. The maximum absolute atomic E-state index is 13.0. The van der Waals surface area contributed by atoms with E-state index in [9.17, 15) is 4.79 Å². The van der Waals surface area contributed by atoms with Gasteiger partial charge in [-0.05, 0) is 37.0 Å². The molecule has 1 amide bonds. The van der Waals surface area contributed by atoms with Gasteiger partial charge < -0.3 is 24.7 Å². The predicted octanol–water partition coefficient (Wildman–Crippen LogP) is 2.60. The van der Waals surface area contributed by atoms with Crippen LogP contribution in [0.2, 0.25) is 0 Å². The third-order valence-corrected chi connectivity index (χ3v) is 6.55. The zero-order valence-corrected chi connectivity index (χ0v) is 17.8. The number of aromatic nitrogens is 1. The molecule has 2 aromatic carbocycles. The Hall–Kier alpha value is -2.99. The number of carbonyl (C=O) groups excluding carboxylic acids is 1. The van der Waals surface area contributed by atoms with E-state index in [0.717, 1.165) is 46.6 Å². The Kier molecular flexibility index (Phi) is 5.80. The summed E-state index contributed by atoms with van der Waals surface area (Å²) < 4.78 is 11.4. The standard InChI is InChI=1S/C25H29N3O3/c29-24(26-11-14-28-12-4-1-5-13-28)15-20(19-8-6-10-23-25(19)31-17-30-23)21-16-27-22-9-3-2-7-18(21)22/h2-3,6-10,16,20,27H,1,4-5,11-15,17H2,(H,26,29)/p+1/t20-/m1/s1. The van der Waals surface area contributed by atoms with Gasteiger partial charge in [-0.15, -0.1) is 0 Å². The smallest absolute Gasteiger partial charge is 0.231 e. The van der Waals surface area contributed by atoms with Crippen LogP contribution < -0.4 is 19.7 Å². The summed E-state index contributed by atoms with van der Waals surface area (Å²) in [5.41, 5.74) is 3.18. The molecule has 2 aliphatic heterocycles. The molecule has 1 aromatic heterocycles. The van der Waals surface area contributed by atoms with E-state index in [2.05, 4.69) is 22.4 Å². The van der Waals surface area contributed by atoms with Crippen molar-refractivity contribution in [2.45, 2.75) is 31.6 Å². The van der Waals surface area contributed by atoms with Gasteiger partial charge in [0.1, 0.15) is 0 Å². The normalized spacial score (nSPS) is 17.0. The van der Waals surface area contributed by atoms with E-state index in [1.54, 1.807) is 4.90 Å². The number of para-hydroxylation sites is 2. The minimum atomic E-state index is -0.116. The van der Waals surface area contributed by atoms with Crippen LogP contribution >= 0.6 is 0 Å². The topological polar surface area (TPSA) is 67.8 Å². The second kappa shape index (κ2) is 9.02. The summed E-state index contributed by atoms with van der Waals surface area (Å²) in [7, 11) is 0. The van der Waals surface area contributed by atoms with E-state index in [1.807, 2.05) is 36.5 Å². The molecule has 3 heterocycles. The number of ether oxygens (including phenoxy) is 2. The molecule has 0 saturated carbocycles. The van der Waals surface area contributed by atoms with Crippen LogP contribution in [0.4, 0.5) is 0 Å². The lowest BCUT2D eigenvalue weighted by molar-refractivity contribution is -0.903. The Morgan fingerprint density at radius 3 is 2.81 bits per heavy atom. The summed E-state index contributed by atoms with van der Waals surface area (Å²) in [5.74, 6) is 1.46.